The summed E-state index contributed by atoms with van der Waals surface area (Å²) in [5.41, 5.74) is 9.01. The summed E-state index contributed by atoms with van der Waals surface area (Å²) in [7, 11) is 0. The van der Waals surface area contributed by atoms with E-state index in [2.05, 4.69) is 17.0 Å². The Kier molecular flexibility index (Phi) is 3.77. The lowest BCUT2D eigenvalue weighted by molar-refractivity contribution is 0.307. The van der Waals surface area contributed by atoms with Gasteiger partial charge in [-0.25, -0.2) is 0 Å². The van der Waals surface area contributed by atoms with Crippen molar-refractivity contribution in [1.29, 1.82) is 0 Å². The molecule has 0 radical (unpaired) electrons. The number of benzene rings is 2. The molecule has 0 saturated carbocycles. The molecular formula is C17H20N2O. The molecule has 0 aliphatic carbocycles. The van der Waals surface area contributed by atoms with Crippen LogP contribution in [0.15, 0.2) is 48.5 Å². The molecule has 3 rings (SSSR count). The van der Waals surface area contributed by atoms with Gasteiger partial charge in [0.2, 0.25) is 0 Å². The third kappa shape index (κ3) is 2.87. The van der Waals surface area contributed by atoms with E-state index in [0.717, 1.165) is 30.2 Å². The summed E-state index contributed by atoms with van der Waals surface area (Å²) < 4.78 is 5.99. The molecule has 1 saturated heterocycles. The van der Waals surface area contributed by atoms with E-state index < -0.39 is 0 Å². The maximum absolute atomic E-state index is 5.99. The number of nitrogens with zero attached hydrogens (tertiary/aromatic N) is 1. The highest BCUT2D eigenvalue weighted by Crippen LogP contribution is 2.33. The molecule has 0 unspecified atom stereocenters. The predicted octanol–water partition coefficient (Wildman–Crippen LogP) is 3.45. The second-order valence-corrected chi connectivity index (χ2v) is 5.20. The van der Waals surface area contributed by atoms with E-state index in [1.807, 2.05) is 36.4 Å². The molecule has 0 amide bonds. The Balaban J connectivity index is 1.78. The minimum Gasteiger partial charge on any atom is -0.487 e. The van der Waals surface area contributed by atoms with Gasteiger partial charge in [-0.05, 0) is 36.6 Å². The van der Waals surface area contributed by atoms with Gasteiger partial charge in [0, 0.05) is 18.8 Å². The highest BCUT2D eigenvalue weighted by molar-refractivity contribution is 5.65. The average molecular weight is 268 g/mol. The molecule has 1 heterocycles. The average Bonchev–Trinajstić information content (AvgIpc) is 3.01. The van der Waals surface area contributed by atoms with E-state index >= 15 is 0 Å². The Bertz CT molecular complexity index is 562. The van der Waals surface area contributed by atoms with Gasteiger partial charge in [0.15, 0.2) is 0 Å². The standard InChI is InChI=1S/C17H20N2O/c18-15-8-9-17(16(12-15)19-10-4-5-11-19)20-13-14-6-2-1-3-7-14/h1-3,6-9,12H,4-5,10-11,13,18H2. The fourth-order valence-electron chi connectivity index (χ4n) is 2.60. The number of anilines is 2. The molecule has 0 spiro atoms. The van der Waals surface area contributed by atoms with E-state index in [-0.39, 0.29) is 0 Å². The number of hydrogen-bond donors (Lipinski definition) is 1. The summed E-state index contributed by atoms with van der Waals surface area (Å²) in [6, 6.07) is 16.1. The van der Waals surface area contributed by atoms with Crippen molar-refractivity contribution < 1.29 is 4.74 Å². The number of rotatable bonds is 4. The molecule has 2 aromatic carbocycles. The number of ether oxygens (including phenoxy) is 1. The van der Waals surface area contributed by atoms with E-state index in [1.165, 1.54) is 18.4 Å². The minimum atomic E-state index is 0.589. The quantitative estimate of drug-likeness (QED) is 0.863. The summed E-state index contributed by atoms with van der Waals surface area (Å²) >= 11 is 0. The first-order chi connectivity index (χ1) is 9.83. The molecular weight excluding hydrogens is 248 g/mol. The smallest absolute Gasteiger partial charge is 0.143 e. The summed E-state index contributed by atoms with van der Waals surface area (Å²) in [5.74, 6) is 0.921. The Labute approximate surface area is 120 Å². The summed E-state index contributed by atoms with van der Waals surface area (Å²) in [5, 5.41) is 0. The zero-order valence-corrected chi connectivity index (χ0v) is 11.6. The second-order valence-electron chi connectivity index (χ2n) is 5.20. The van der Waals surface area contributed by atoms with Crippen LogP contribution >= 0.6 is 0 Å². The van der Waals surface area contributed by atoms with Crippen molar-refractivity contribution in [2.24, 2.45) is 0 Å². The lowest BCUT2D eigenvalue weighted by Gasteiger charge is -2.22. The lowest BCUT2D eigenvalue weighted by atomic mass is 10.2. The van der Waals surface area contributed by atoms with Crippen molar-refractivity contribution in [2.75, 3.05) is 23.7 Å². The molecule has 1 aliphatic rings. The largest absolute Gasteiger partial charge is 0.487 e. The molecule has 0 bridgehead atoms. The van der Waals surface area contributed by atoms with Crippen LogP contribution in [0.5, 0.6) is 5.75 Å². The van der Waals surface area contributed by atoms with Crippen LogP contribution in [0.25, 0.3) is 0 Å². The molecule has 0 aromatic heterocycles. The number of nitrogen functional groups attached to an aromatic ring is 1. The summed E-state index contributed by atoms with van der Waals surface area (Å²) in [6.07, 6.45) is 2.49. The second kappa shape index (κ2) is 5.87. The van der Waals surface area contributed by atoms with Crippen LogP contribution in [-0.4, -0.2) is 13.1 Å². The summed E-state index contributed by atoms with van der Waals surface area (Å²) in [6.45, 7) is 2.77. The number of hydrogen-bond acceptors (Lipinski definition) is 3. The van der Waals surface area contributed by atoms with Crippen LogP contribution in [0.1, 0.15) is 18.4 Å². The molecule has 3 heteroatoms. The van der Waals surface area contributed by atoms with Crippen LogP contribution in [0, 0.1) is 0 Å². The van der Waals surface area contributed by atoms with Crippen LogP contribution in [0.4, 0.5) is 11.4 Å². The highest BCUT2D eigenvalue weighted by Gasteiger charge is 2.17. The maximum Gasteiger partial charge on any atom is 0.143 e. The first-order valence-corrected chi connectivity index (χ1v) is 7.14. The van der Waals surface area contributed by atoms with Gasteiger partial charge < -0.3 is 15.4 Å². The zero-order chi connectivity index (χ0) is 13.8. The molecule has 1 fully saturated rings. The van der Waals surface area contributed by atoms with Gasteiger partial charge in [-0.2, -0.15) is 0 Å². The molecule has 3 nitrogen and oxygen atoms in total. The molecule has 2 N–H and O–H groups in total. The van der Waals surface area contributed by atoms with Gasteiger partial charge in [-0.1, -0.05) is 30.3 Å². The zero-order valence-electron chi connectivity index (χ0n) is 11.6. The topological polar surface area (TPSA) is 38.5 Å². The van der Waals surface area contributed by atoms with Crippen LogP contribution in [-0.2, 0) is 6.61 Å². The molecule has 1 aliphatic heterocycles. The minimum absolute atomic E-state index is 0.589. The SMILES string of the molecule is Nc1ccc(OCc2ccccc2)c(N2CCCC2)c1. The van der Waals surface area contributed by atoms with E-state index in [9.17, 15) is 0 Å². The van der Waals surface area contributed by atoms with Gasteiger partial charge in [-0.15, -0.1) is 0 Å². The fourth-order valence-corrected chi connectivity index (χ4v) is 2.60. The van der Waals surface area contributed by atoms with Crippen molar-refractivity contribution in [3.8, 4) is 5.75 Å². The van der Waals surface area contributed by atoms with Gasteiger partial charge >= 0.3 is 0 Å². The maximum atomic E-state index is 5.99. The van der Waals surface area contributed by atoms with Crippen molar-refractivity contribution in [3.63, 3.8) is 0 Å². The van der Waals surface area contributed by atoms with Gasteiger partial charge in [0.05, 0.1) is 5.69 Å². The third-order valence-corrected chi connectivity index (χ3v) is 3.67. The fraction of sp³-hybridized carbons (Fsp3) is 0.294. The Morgan fingerprint density at radius 3 is 2.50 bits per heavy atom. The highest BCUT2D eigenvalue weighted by atomic mass is 16.5. The molecule has 2 aromatic rings. The summed E-state index contributed by atoms with van der Waals surface area (Å²) in [4.78, 5) is 2.36. The lowest BCUT2D eigenvalue weighted by Crippen LogP contribution is -2.18. The van der Waals surface area contributed by atoms with Crippen LogP contribution in [0.3, 0.4) is 0 Å². The van der Waals surface area contributed by atoms with E-state index in [0.29, 0.717) is 6.61 Å². The molecule has 104 valence electrons. The predicted molar refractivity (Wildman–Crippen MR) is 83.1 cm³/mol. The van der Waals surface area contributed by atoms with Gasteiger partial charge in [0.1, 0.15) is 12.4 Å². The van der Waals surface area contributed by atoms with Crippen LogP contribution in [0.2, 0.25) is 0 Å². The third-order valence-electron chi connectivity index (χ3n) is 3.67. The molecule has 0 atom stereocenters. The Hall–Kier alpha value is -2.16. The number of nitrogens with two attached hydrogens (primary N) is 1. The van der Waals surface area contributed by atoms with Crippen molar-refractivity contribution in [2.45, 2.75) is 19.4 Å². The monoisotopic (exact) mass is 268 g/mol. The Morgan fingerprint density at radius 2 is 1.75 bits per heavy atom. The van der Waals surface area contributed by atoms with E-state index in [1.54, 1.807) is 0 Å². The van der Waals surface area contributed by atoms with Crippen LogP contribution < -0.4 is 15.4 Å². The normalized spacial score (nSPS) is 14.5. The van der Waals surface area contributed by atoms with Crippen molar-refractivity contribution >= 4 is 11.4 Å². The van der Waals surface area contributed by atoms with Crippen molar-refractivity contribution in [1.82, 2.24) is 0 Å². The Morgan fingerprint density at radius 1 is 1.00 bits per heavy atom. The van der Waals surface area contributed by atoms with Gasteiger partial charge in [-0.3, -0.25) is 0 Å². The molecule has 20 heavy (non-hydrogen) atoms. The van der Waals surface area contributed by atoms with E-state index in [4.69, 9.17) is 10.5 Å². The van der Waals surface area contributed by atoms with Crippen molar-refractivity contribution in [3.05, 3.63) is 54.1 Å². The first kappa shape index (κ1) is 12.9. The first-order valence-electron chi connectivity index (χ1n) is 7.14. The van der Waals surface area contributed by atoms with Gasteiger partial charge in [0.25, 0.3) is 0 Å².